The van der Waals surface area contributed by atoms with Crippen LogP contribution < -0.4 is 15.2 Å². The van der Waals surface area contributed by atoms with E-state index in [1.165, 1.54) is 32.7 Å². The van der Waals surface area contributed by atoms with E-state index in [1.54, 1.807) is 24.3 Å². The number of ether oxygens (including phenoxy) is 1. The van der Waals surface area contributed by atoms with Crippen molar-refractivity contribution in [1.29, 1.82) is 0 Å². The molecule has 0 saturated heterocycles. The van der Waals surface area contributed by atoms with Crippen LogP contribution >= 0.6 is 11.3 Å². The van der Waals surface area contributed by atoms with Crippen LogP contribution in [0.4, 0.5) is 5.69 Å². The van der Waals surface area contributed by atoms with Gasteiger partial charge >= 0.3 is 0 Å². The Labute approximate surface area is 212 Å². The lowest BCUT2D eigenvalue weighted by molar-refractivity contribution is -0.121. The minimum atomic E-state index is -0.268. The van der Waals surface area contributed by atoms with Gasteiger partial charge in [-0.25, -0.2) is 4.98 Å². The zero-order chi connectivity index (χ0) is 25.4. The minimum absolute atomic E-state index is 0.0572. The van der Waals surface area contributed by atoms with Gasteiger partial charge in [0.25, 0.3) is 11.5 Å². The summed E-state index contributed by atoms with van der Waals surface area (Å²) in [6.45, 7) is 8.06. The minimum Gasteiger partial charge on any atom is -0.482 e. The van der Waals surface area contributed by atoms with E-state index < -0.39 is 0 Å². The van der Waals surface area contributed by atoms with Gasteiger partial charge in [0.15, 0.2) is 12.4 Å². The fourth-order valence-electron chi connectivity index (χ4n) is 4.29. The number of hydrogen-bond acceptors (Lipinski definition) is 6. The van der Waals surface area contributed by atoms with Crippen molar-refractivity contribution in [2.75, 3.05) is 18.1 Å². The monoisotopic (exact) mass is 499 g/mol. The van der Waals surface area contributed by atoms with Crippen LogP contribution in [0.15, 0.2) is 71.6 Å². The van der Waals surface area contributed by atoms with E-state index in [2.05, 4.69) is 37.5 Å². The van der Waals surface area contributed by atoms with E-state index in [9.17, 15) is 14.4 Å². The highest BCUT2D eigenvalue weighted by Crippen LogP contribution is 2.34. The Kier molecular flexibility index (Phi) is 6.28. The van der Waals surface area contributed by atoms with Crippen LogP contribution in [-0.2, 0) is 11.3 Å². The normalized spacial score (nSPS) is 13.1. The van der Waals surface area contributed by atoms with Crippen LogP contribution in [-0.4, -0.2) is 34.4 Å². The molecular formula is C28H25N3O4S. The maximum Gasteiger partial charge on any atom is 0.265 e. The van der Waals surface area contributed by atoms with Gasteiger partial charge in [0.1, 0.15) is 10.6 Å². The number of aromatic nitrogens is 2. The number of ketones is 1. The smallest absolute Gasteiger partial charge is 0.265 e. The third-order valence-electron chi connectivity index (χ3n) is 6.30. The van der Waals surface area contributed by atoms with Gasteiger partial charge in [0, 0.05) is 23.1 Å². The molecule has 0 N–H and O–H groups in total. The second kappa shape index (κ2) is 9.54. The van der Waals surface area contributed by atoms with Gasteiger partial charge in [-0.05, 0) is 35.2 Å². The maximum atomic E-state index is 13.4. The number of amides is 1. The quantitative estimate of drug-likeness (QED) is 0.263. The highest BCUT2D eigenvalue weighted by Gasteiger charge is 2.26. The molecular weight excluding hydrogens is 474 g/mol. The summed E-state index contributed by atoms with van der Waals surface area (Å²) >= 11 is 1.41. The molecule has 1 amide bonds. The number of carbonyl (C=O) groups excluding carboxylic acids is 2. The number of hydrogen-bond donors (Lipinski definition) is 0. The molecule has 1 aliphatic heterocycles. The molecule has 1 aliphatic rings. The Morgan fingerprint density at radius 1 is 1.19 bits per heavy atom. The molecule has 182 valence electrons. The van der Waals surface area contributed by atoms with Gasteiger partial charge in [-0.3, -0.25) is 19.0 Å². The molecule has 0 fully saturated rings. The Bertz CT molecular complexity index is 1550. The Balaban J connectivity index is 1.47. The van der Waals surface area contributed by atoms with Crippen LogP contribution in [0.1, 0.15) is 35.7 Å². The predicted molar refractivity (Wildman–Crippen MR) is 142 cm³/mol. The van der Waals surface area contributed by atoms with Crippen molar-refractivity contribution in [1.82, 2.24) is 9.55 Å². The molecule has 8 heteroatoms. The standard InChI is InChI=1S/C28H25N3O4S/c1-4-11-31-22-12-20(9-10-24(22)35-14-25(31)33)23(32)13-30-16-29-27-26(28(30)34)21(15-36-27)19-7-5-18(6-8-19)17(2)3/h4-10,12,15-17H,1,11,13-14H2,2-3H3. The largest absolute Gasteiger partial charge is 0.482 e. The van der Waals surface area contributed by atoms with Crippen LogP contribution in [0.5, 0.6) is 5.75 Å². The van der Waals surface area contributed by atoms with Crippen molar-refractivity contribution in [3.8, 4) is 16.9 Å². The van der Waals surface area contributed by atoms with Gasteiger partial charge in [0.2, 0.25) is 0 Å². The number of benzene rings is 2. The van der Waals surface area contributed by atoms with E-state index in [-0.39, 0.29) is 30.4 Å². The summed E-state index contributed by atoms with van der Waals surface area (Å²) in [5, 5.41) is 2.44. The van der Waals surface area contributed by atoms with Crippen molar-refractivity contribution in [3.05, 3.63) is 88.3 Å². The lowest BCUT2D eigenvalue weighted by atomic mass is 9.99. The van der Waals surface area contributed by atoms with E-state index in [0.717, 1.165) is 11.1 Å². The predicted octanol–water partition coefficient (Wildman–Crippen LogP) is 5.04. The number of anilines is 1. The van der Waals surface area contributed by atoms with Crippen molar-refractivity contribution in [2.45, 2.75) is 26.3 Å². The van der Waals surface area contributed by atoms with E-state index in [1.807, 2.05) is 17.5 Å². The Hall–Kier alpha value is -4.04. The number of fused-ring (bicyclic) bond motifs is 2. The summed E-state index contributed by atoms with van der Waals surface area (Å²) in [7, 11) is 0. The number of carbonyl (C=O) groups is 2. The van der Waals surface area contributed by atoms with E-state index in [0.29, 0.717) is 39.7 Å². The average molecular weight is 500 g/mol. The van der Waals surface area contributed by atoms with Crippen molar-refractivity contribution in [3.63, 3.8) is 0 Å². The number of rotatable bonds is 7. The summed E-state index contributed by atoms with van der Waals surface area (Å²) < 4.78 is 6.84. The summed E-state index contributed by atoms with van der Waals surface area (Å²) in [5.74, 6) is 0.472. The summed E-state index contributed by atoms with van der Waals surface area (Å²) in [6, 6.07) is 13.1. The molecule has 0 spiro atoms. The maximum absolute atomic E-state index is 13.4. The SMILES string of the molecule is C=CCN1C(=O)COc2ccc(C(=O)Cn3cnc4scc(-c5ccc(C(C)C)cc5)c4c3=O)cc21. The van der Waals surface area contributed by atoms with Crippen molar-refractivity contribution in [2.24, 2.45) is 0 Å². The van der Waals surface area contributed by atoms with Crippen LogP contribution in [0.2, 0.25) is 0 Å². The molecule has 2 aromatic carbocycles. The third kappa shape index (κ3) is 4.24. The third-order valence-corrected chi connectivity index (χ3v) is 7.18. The summed E-state index contributed by atoms with van der Waals surface area (Å²) in [4.78, 5) is 45.5. The molecule has 0 aliphatic carbocycles. The second-order valence-electron chi connectivity index (χ2n) is 8.97. The van der Waals surface area contributed by atoms with Gasteiger partial charge in [0.05, 0.1) is 23.9 Å². The fourth-order valence-corrected chi connectivity index (χ4v) is 5.20. The topological polar surface area (TPSA) is 81.5 Å². The average Bonchev–Trinajstić information content (AvgIpc) is 3.32. The van der Waals surface area contributed by atoms with Gasteiger partial charge in [-0.2, -0.15) is 0 Å². The lowest BCUT2D eigenvalue weighted by Gasteiger charge is -2.28. The number of thiophene rings is 1. The molecule has 36 heavy (non-hydrogen) atoms. The first-order valence-corrected chi connectivity index (χ1v) is 12.5. The highest BCUT2D eigenvalue weighted by molar-refractivity contribution is 7.17. The summed E-state index contributed by atoms with van der Waals surface area (Å²) in [5.41, 5.74) is 3.61. The van der Waals surface area contributed by atoms with Crippen LogP contribution in [0, 0.1) is 0 Å². The molecule has 0 bridgehead atoms. The lowest BCUT2D eigenvalue weighted by Crippen LogP contribution is -2.39. The van der Waals surface area contributed by atoms with Crippen LogP contribution in [0.3, 0.4) is 0 Å². The first kappa shape index (κ1) is 23.7. The number of Topliss-reactive ketones (excluding diaryl/α,β-unsaturated/α-hetero) is 1. The number of nitrogens with zero attached hydrogens (tertiary/aromatic N) is 3. The van der Waals surface area contributed by atoms with Crippen molar-refractivity contribution < 1.29 is 14.3 Å². The molecule has 0 atom stereocenters. The van der Waals surface area contributed by atoms with Gasteiger partial charge in [-0.15, -0.1) is 17.9 Å². The molecule has 0 unspecified atom stereocenters. The zero-order valence-corrected chi connectivity index (χ0v) is 20.9. The molecule has 2 aromatic heterocycles. The first-order chi connectivity index (χ1) is 17.4. The highest BCUT2D eigenvalue weighted by atomic mass is 32.1. The molecule has 0 radical (unpaired) electrons. The molecule has 4 aromatic rings. The Morgan fingerprint density at radius 2 is 1.97 bits per heavy atom. The Morgan fingerprint density at radius 3 is 2.69 bits per heavy atom. The molecule has 3 heterocycles. The fraction of sp³-hybridized carbons (Fsp3) is 0.214. The summed E-state index contributed by atoms with van der Waals surface area (Å²) in [6.07, 6.45) is 3.04. The second-order valence-corrected chi connectivity index (χ2v) is 9.83. The van der Waals surface area contributed by atoms with E-state index in [4.69, 9.17) is 4.74 Å². The van der Waals surface area contributed by atoms with Gasteiger partial charge < -0.3 is 9.64 Å². The molecule has 0 saturated carbocycles. The zero-order valence-electron chi connectivity index (χ0n) is 20.1. The molecule has 7 nitrogen and oxygen atoms in total. The van der Waals surface area contributed by atoms with E-state index >= 15 is 0 Å². The van der Waals surface area contributed by atoms with Crippen molar-refractivity contribution >= 4 is 38.9 Å². The van der Waals surface area contributed by atoms with Crippen LogP contribution in [0.25, 0.3) is 21.3 Å². The molecule has 5 rings (SSSR count). The van der Waals surface area contributed by atoms with Gasteiger partial charge in [-0.1, -0.05) is 44.2 Å². The first-order valence-electron chi connectivity index (χ1n) is 11.7.